The number of nitrogens with zero attached hydrogens (tertiary/aromatic N) is 1. The molecule has 2 heterocycles. The monoisotopic (exact) mass is 603 g/mol. The van der Waals surface area contributed by atoms with E-state index in [1.807, 2.05) is 30.3 Å². The van der Waals surface area contributed by atoms with Gasteiger partial charge >= 0.3 is 5.97 Å². The molecule has 2 aliphatic heterocycles. The van der Waals surface area contributed by atoms with Gasteiger partial charge in [-0.15, -0.1) is 0 Å². The molecular weight excluding hydrogens is 573 g/mol. The highest BCUT2D eigenvalue weighted by atomic mass is 35.5. The Bertz CT molecular complexity index is 1280. The second-order valence-electron chi connectivity index (χ2n) is 9.73. The molecule has 4 unspecified atom stereocenters. The van der Waals surface area contributed by atoms with Gasteiger partial charge < -0.3 is 29.7 Å². The Morgan fingerprint density at radius 3 is 2.59 bits per heavy atom. The number of cyclic esters (lactones) is 1. The van der Waals surface area contributed by atoms with Crippen LogP contribution < -0.4 is 15.4 Å². The van der Waals surface area contributed by atoms with Crippen LogP contribution in [-0.4, -0.2) is 66.2 Å². The summed E-state index contributed by atoms with van der Waals surface area (Å²) >= 11 is 12.5. The maximum absolute atomic E-state index is 13.3. The first-order valence-electron chi connectivity index (χ1n) is 13.2. The second-order valence-corrected chi connectivity index (χ2v) is 10.5. The van der Waals surface area contributed by atoms with Crippen molar-refractivity contribution in [2.45, 2.75) is 57.2 Å². The van der Waals surface area contributed by atoms with E-state index in [4.69, 9.17) is 37.4 Å². The van der Waals surface area contributed by atoms with Gasteiger partial charge in [-0.3, -0.25) is 19.2 Å². The molecule has 2 aromatic rings. The molecule has 41 heavy (non-hydrogen) atoms. The molecule has 0 bridgehead atoms. The quantitative estimate of drug-likeness (QED) is 0.297. The maximum Gasteiger partial charge on any atom is 0.310 e. The van der Waals surface area contributed by atoms with E-state index in [0.717, 1.165) is 5.56 Å². The lowest BCUT2D eigenvalue weighted by Gasteiger charge is -2.28. The van der Waals surface area contributed by atoms with Gasteiger partial charge in [0.2, 0.25) is 18.1 Å². The Morgan fingerprint density at radius 2 is 1.90 bits per heavy atom. The number of esters is 1. The van der Waals surface area contributed by atoms with E-state index < -0.39 is 48.1 Å². The molecular formula is C29H31Cl2N3O7. The third kappa shape index (κ3) is 7.58. The Kier molecular flexibility index (Phi) is 10.3. The number of benzene rings is 2. The van der Waals surface area contributed by atoms with E-state index >= 15 is 0 Å². The molecule has 12 heteroatoms. The molecule has 0 aliphatic carbocycles. The molecule has 2 aromatic carbocycles. The van der Waals surface area contributed by atoms with Gasteiger partial charge in [0.1, 0.15) is 24.7 Å². The first kappa shape index (κ1) is 30.4. The van der Waals surface area contributed by atoms with E-state index in [9.17, 15) is 19.2 Å². The van der Waals surface area contributed by atoms with Gasteiger partial charge in [0.05, 0.1) is 23.1 Å². The van der Waals surface area contributed by atoms with Crippen molar-refractivity contribution in [1.82, 2.24) is 15.5 Å². The number of nitrogens with one attached hydrogen (secondary N) is 2. The molecule has 0 saturated carbocycles. The van der Waals surface area contributed by atoms with E-state index in [2.05, 4.69) is 17.2 Å². The summed E-state index contributed by atoms with van der Waals surface area (Å²) in [6.07, 6.45) is 1.59. The highest BCUT2D eigenvalue weighted by Gasteiger charge is 2.41. The summed E-state index contributed by atoms with van der Waals surface area (Å²) in [5, 5.41) is 5.75. The van der Waals surface area contributed by atoms with E-state index in [-0.39, 0.29) is 41.0 Å². The number of carbonyl (C=O) groups excluding carboxylic acids is 4. The summed E-state index contributed by atoms with van der Waals surface area (Å²) in [6.45, 7) is 5.84. The smallest absolute Gasteiger partial charge is 0.310 e. The number of halogens is 2. The molecule has 218 valence electrons. The summed E-state index contributed by atoms with van der Waals surface area (Å²) in [5.41, 5.74) is 1.04. The number of rotatable bonds is 11. The average molecular weight is 604 g/mol. The summed E-state index contributed by atoms with van der Waals surface area (Å²) in [4.78, 5) is 52.8. The minimum absolute atomic E-state index is 0.0408. The average Bonchev–Trinajstić information content (AvgIpc) is 3.58. The molecule has 2 N–H and O–H groups in total. The van der Waals surface area contributed by atoms with Gasteiger partial charge in [-0.25, -0.2) is 0 Å². The van der Waals surface area contributed by atoms with Crippen LogP contribution in [0.25, 0.3) is 0 Å². The van der Waals surface area contributed by atoms with Gasteiger partial charge in [-0.2, -0.15) is 0 Å². The number of carbonyl (C=O) groups is 4. The van der Waals surface area contributed by atoms with Crippen LogP contribution in [0.4, 0.5) is 0 Å². The number of hydrogen-bond acceptors (Lipinski definition) is 7. The van der Waals surface area contributed by atoms with Crippen molar-refractivity contribution in [1.29, 1.82) is 0 Å². The molecule has 4 rings (SSSR count). The molecule has 2 fully saturated rings. The van der Waals surface area contributed by atoms with Crippen molar-refractivity contribution >= 4 is 46.9 Å². The van der Waals surface area contributed by atoms with Crippen molar-refractivity contribution in [2.75, 3.05) is 13.2 Å². The van der Waals surface area contributed by atoms with Crippen molar-refractivity contribution < 1.29 is 33.4 Å². The normalized spacial score (nSPS) is 20.7. The SMILES string of the molecule is C=CCOc1c(Cl)cc(C(=O)NC(C)C(=O)N2CCCC2C(=O)NC2CC(=O)OC2OCc2ccccc2)cc1Cl. The molecule has 3 amide bonds. The maximum atomic E-state index is 13.3. The zero-order chi connectivity index (χ0) is 29.5. The van der Waals surface area contributed by atoms with Gasteiger partial charge in [0.15, 0.2) is 5.75 Å². The summed E-state index contributed by atoms with van der Waals surface area (Å²) < 4.78 is 16.4. The Labute approximate surface area is 247 Å². The van der Waals surface area contributed by atoms with Crippen LogP contribution >= 0.6 is 23.2 Å². The predicted molar refractivity (Wildman–Crippen MR) is 151 cm³/mol. The van der Waals surface area contributed by atoms with Crippen molar-refractivity contribution in [3.63, 3.8) is 0 Å². The zero-order valence-electron chi connectivity index (χ0n) is 22.4. The highest BCUT2D eigenvalue weighted by molar-refractivity contribution is 6.37. The molecule has 0 radical (unpaired) electrons. The topological polar surface area (TPSA) is 123 Å². The summed E-state index contributed by atoms with van der Waals surface area (Å²) in [7, 11) is 0. The Morgan fingerprint density at radius 1 is 1.20 bits per heavy atom. The Balaban J connectivity index is 1.35. The standard InChI is InChI=1S/C29H31Cl2N3O7/c1-3-12-39-25-20(30)13-19(14-21(25)31)26(36)32-17(2)28(38)34-11-7-10-23(34)27(37)33-22-15-24(35)41-29(22)40-16-18-8-5-4-6-9-18/h3-6,8-9,13-14,17,22-23,29H,1,7,10-12,15-16H2,2H3,(H,32,36)(H,33,37). The third-order valence-corrected chi connectivity index (χ3v) is 7.27. The number of likely N-dealkylation sites (tertiary alicyclic amines) is 1. The molecule has 4 atom stereocenters. The summed E-state index contributed by atoms with van der Waals surface area (Å²) in [6, 6.07) is 9.77. The zero-order valence-corrected chi connectivity index (χ0v) is 24.0. The van der Waals surface area contributed by atoms with Crippen LogP contribution in [0.2, 0.25) is 10.0 Å². The molecule has 10 nitrogen and oxygen atoms in total. The lowest BCUT2D eigenvalue weighted by atomic mass is 10.1. The highest BCUT2D eigenvalue weighted by Crippen LogP contribution is 2.34. The molecule has 0 spiro atoms. The van der Waals surface area contributed by atoms with Crippen LogP contribution in [0.3, 0.4) is 0 Å². The summed E-state index contributed by atoms with van der Waals surface area (Å²) in [5.74, 6) is -1.66. The third-order valence-electron chi connectivity index (χ3n) is 6.71. The van der Waals surface area contributed by atoms with Crippen LogP contribution in [0.15, 0.2) is 55.1 Å². The largest absolute Gasteiger partial charge is 0.486 e. The fraction of sp³-hybridized carbons (Fsp3) is 0.379. The first-order valence-corrected chi connectivity index (χ1v) is 13.9. The van der Waals surface area contributed by atoms with Crippen LogP contribution in [-0.2, 0) is 30.5 Å². The minimum atomic E-state index is -0.942. The van der Waals surface area contributed by atoms with Crippen LogP contribution in [0, 0.1) is 0 Å². The number of amides is 3. The van der Waals surface area contributed by atoms with Gasteiger partial charge in [-0.05, 0) is 37.5 Å². The van der Waals surface area contributed by atoms with E-state index in [1.165, 1.54) is 30.0 Å². The lowest BCUT2D eigenvalue weighted by Crippen LogP contribution is -2.54. The fourth-order valence-electron chi connectivity index (χ4n) is 4.70. The van der Waals surface area contributed by atoms with Gasteiger partial charge in [-0.1, -0.05) is 66.2 Å². The van der Waals surface area contributed by atoms with Crippen LogP contribution in [0.5, 0.6) is 5.75 Å². The van der Waals surface area contributed by atoms with E-state index in [0.29, 0.717) is 19.4 Å². The predicted octanol–water partition coefficient (Wildman–Crippen LogP) is 3.64. The van der Waals surface area contributed by atoms with Crippen molar-refractivity contribution in [3.8, 4) is 5.75 Å². The Hall–Kier alpha value is -3.60. The number of hydrogen-bond donors (Lipinski definition) is 2. The number of ether oxygens (including phenoxy) is 3. The van der Waals surface area contributed by atoms with Crippen LogP contribution in [0.1, 0.15) is 42.1 Å². The van der Waals surface area contributed by atoms with Gasteiger partial charge in [0.25, 0.3) is 5.91 Å². The second kappa shape index (κ2) is 13.8. The fourth-order valence-corrected chi connectivity index (χ4v) is 5.30. The lowest BCUT2D eigenvalue weighted by molar-refractivity contribution is -0.168. The molecule has 2 saturated heterocycles. The molecule has 2 aliphatic rings. The van der Waals surface area contributed by atoms with Crippen molar-refractivity contribution in [2.24, 2.45) is 0 Å². The van der Waals surface area contributed by atoms with Gasteiger partial charge in [0, 0.05) is 12.1 Å². The van der Waals surface area contributed by atoms with Crippen molar-refractivity contribution in [3.05, 3.63) is 76.3 Å². The first-order chi connectivity index (χ1) is 19.7. The van der Waals surface area contributed by atoms with E-state index in [1.54, 1.807) is 0 Å². The molecule has 0 aromatic heterocycles. The minimum Gasteiger partial charge on any atom is -0.486 e.